The first-order chi connectivity index (χ1) is 5.90. The molecule has 0 N–H and O–H groups in total. The molecule has 0 saturated carbocycles. The summed E-state index contributed by atoms with van der Waals surface area (Å²) in [6.07, 6.45) is 0. The minimum atomic E-state index is -2.40. The van der Waals surface area contributed by atoms with E-state index in [-0.39, 0.29) is 0 Å². The molecular weight excluding hydrogens is 188 g/mol. The second-order valence-corrected chi connectivity index (χ2v) is 2.56. The average Bonchev–Trinajstić information content (AvgIpc) is 1.80. The summed E-state index contributed by atoms with van der Waals surface area (Å²) in [7, 11) is 0. The van der Waals surface area contributed by atoms with Gasteiger partial charge in [-0.1, -0.05) is 5.01 Å². The lowest BCUT2D eigenvalue weighted by atomic mass is 10.1. The van der Waals surface area contributed by atoms with E-state index in [1.165, 1.54) is 0 Å². The van der Waals surface area contributed by atoms with Crippen molar-refractivity contribution in [2.45, 2.75) is 5.66 Å². The normalized spacial score (nSPS) is 18.9. The highest BCUT2D eigenvalue weighted by molar-refractivity contribution is 4.82. The maximum absolute atomic E-state index is 10.2. The molecule has 0 aromatic rings. The zero-order valence-corrected chi connectivity index (χ0v) is 6.15. The Balaban J connectivity index is 2.75. The maximum Gasteiger partial charge on any atom is 0.503 e. The fraction of sp³-hybridized carbons (Fsp3) is 1.00. The summed E-state index contributed by atoms with van der Waals surface area (Å²) in [6, 6.07) is 0. The third kappa shape index (κ3) is 1.11. The first-order valence-electron chi connectivity index (χ1n) is 3.08. The van der Waals surface area contributed by atoms with Crippen LogP contribution < -0.4 is 0 Å². The van der Waals surface area contributed by atoms with E-state index in [1.54, 1.807) is 0 Å². The Morgan fingerprint density at radius 2 is 1.38 bits per heavy atom. The lowest BCUT2D eigenvalue weighted by molar-refractivity contribution is -0.849. The highest BCUT2D eigenvalue weighted by Crippen LogP contribution is 2.24. The van der Waals surface area contributed by atoms with Gasteiger partial charge in [0, 0.05) is 0 Å². The van der Waals surface area contributed by atoms with Gasteiger partial charge in [0.15, 0.2) is 5.03 Å². The van der Waals surface area contributed by atoms with E-state index in [4.69, 9.17) is 0 Å². The molecule has 1 saturated heterocycles. The Labute approximate surface area is 70.2 Å². The molecule has 1 aliphatic rings. The van der Waals surface area contributed by atoms with Crippen molar-refractivity contribution in [2.75, 3.05) is 13.1 Å². The van der Waals surface area contributed by atoms with Crippen LogP contribution in [0.5, 0.6) is 0 Å². The van der Waals surface area contributed by atoms with Crippen molar-refractivity contribution in [3.8, 4) is 0 Å². The van der Waals surface area contributed by atoms with Gasteiger partial charge in [0.1, 0.15) is 9.85 Å². The zero-order valence-electron chi connectivity index (χ0n) is 6.15. The minimum absolute atomic E-state index is 0.422. The topological polar surface area (TPSA) is 133 Å². The SMILES string of the molecule is O=[N+]([O-])N1CC([N+](=O)[O-])([N+](=O)[O-])C1. The molecule has 1 fully saturated rings. The minimum Gasteiger partial charge on any atom is -0.258 e. The van der Waals surface area contributed by atoms with Gasteiger partial charge in [-0.2, -0.15) is 0 Å². The number of hydrogen-bond donors (Lipinski definition) is 0. The van der Waals surface area contributed by atoms with Crippen molar-refractivity contribution in [3.63, 3.8) is 0 Å². The fourth-order valence-corrected chi connectivity index (χ4v) is 0.951. The molecule has 1 heterocycles. The van der Waals surface area contributed by atoms with E-state index in [1.807, 2.05) is 0 Å². The van der Waals surface area contributed by atoms with Gasteiger partial charge in [0.05, 0.1) is 0 Å². The molecule has 0 amide bonds. The van der Waals surface area contributed by atoms with Crippen LogP contribution in [-0.2, 0) is 0 Å². The van der Waals surface area contributed by atoms with E-state index >= 15 is 0 Å². The first kappa shape index (κ1) is 9.09. The molecule has 0 atom stereocenters. The fourth-order valence-electron chi connectivity index (χ4n) is 0.951. The molecule has 1 rings (SSSR count). The van der Waals surface area contributed by atoms with Crippen LogP contribution in [0, 0.1) is 30.3 Å². The summed E-state index contributed by atoms with van der Waals surface area (Å²) in [6.45, 7) is -1.58. The third-order valence-corrected chi connectivity index (χ3v) is 1.78. The molecule has 0 aliphatic carbocycles. The molecular formula is C3H4N4O6. The standard InChI is InChI=1S/C3H4N4O6/c8-5(9)3(6(10)11)1-4(2-3)7(12)13/h1-2H2. The Kier molecular flexibility index (Phi) is 1.75. The Bertz CT molecular complexity index is 266. The van der Waals surface area contributed by atoms with Crippen LogP contribution in [0.15, 0.2) is 0 Å². The van der Waals surface area contributed by atoms with Crippen molar-refractivity contribution in [1.82, 2.24) is 5.01 Å². The lowest BCUT2D eigenvalue weighted by Crippen LogP contribution is -2.71. The number of nitrogens with zero attached hydrogens (tertiary/aromatic N) is 4. The Morgan fingerprint density at radius 1 is 1.00 bits per heavy atom. The van der Waals surface area contributed by atoms with Crippen molar-refractivity contribution in [3.05, 3.63) is 30.3 Å². The van der Waals surface area contributed by atoms with E-state index < -0.39 is 33.6 Å². The number of nitro groups is 3. The van der Waals surface area contributed by atoms with Crippen LogP contribution in [0.25, 0.3) is 0 Å². The van der Waals surface area contributed by atoms with Gasteiger partial charge in [-0.3, -0.25) is 20.2 Å². The molecule has 0 aromatic carbocycles. The molecule has 0 aromatic heterocycles. The van der Waals surface area contributed by atoms with Crippen LogP contribution in [0.2, 0.25) is 0 Å². The van der Waals surface area contributed by atoms with Crippen LogP contribution in [0.4, 0.5) is 0 Å². The third-order valence-electron chi connectivity index (χ3n) is 1.78. The largest absolute Gasteiger partial charge is 0.503 e. The zero-order chi connectivity index (χ0) is 10.2. The second-order valence-electron chi connectivity index (χ2n) is 2.56. The van der Waals surface area contributed by atoms with E-state index in [0.29, 0.717) is 5.01 Å². The number of hydrogen-bond acceptors (Lipinski definition) is 6. The van der Waals surface area contributed by atoms with E-state index in [9.17, 15) is 30.3 Å². The summed E-state index contributed by atoms with van der Waals surface area (Å²) in [5, 5.41) is 30.0. The van der Waals surface area contributed by atoms with Gasteiger partial charge in [-0.15, -0.1) is 0 Å². The van der Waals surface area contributed by atoms with Crippen molar-refractivity contribution < 1.29 is 14.9 Å². The molecule has 0 bridgehead atoms. The van der Waals surface area contributed by atoms with Gasteiger partial charge in [-0.05, 0) is 0 Å². The average molecular weight is 192 g/mol. The molecule has 72 valence electrons. The summed E-state index contributed by atoms with van der Waals surface area (Å²) >= 11 is 0. The molecule has 0 radical (unpaired) electrons. The van der Waals surface area contributed by atoms with Gasteiger partial charge in [0.25, 0.3) is 0 Å². The predicted octanol–water partition coefficient (Wildman–Crippen LogP) is -1.26. The van der Waals surface area contributed by atoms with E-state index in [0.717, 1.165) is 0 Å². The molecule has 13 heavy (non-hydrogen) atoms. The Morgan fingerprint density at radius 3 is 1.62 bits per heavy atom. The van der Waals surface area contributed by atoms with Crippen molar-refractivity contribution >= 4 is 0 Å². The van der Waals surface area contributed by atoms with Gasteiger partial charge >= 0.3 is 5.66 Å². The second kappa shape index (κ2) is 2.50. The Hall–Kier alpha value is -2.00. The monoisotopic (exact) mass is 192 g/mol. The predicted molar refractivity (Wildman–Crippen MR) is 35.3 cm³/mol. The van der Waals surface area contributed by atoms with Crippen molar-refractivity contribution in [1.29, 1.82) is 0 Å². The van der Waals surface area contributed by atoms with Crippen LogP contribution in [-0.4, -0.2) is 38.6 Å². The van der Waals surface area contributed by atoms with Crippen LogP contribution >= 0.6 is 0 Å². The van der Waals surface area contributed by atoms with Crippen LogP contribution in [0.3, 0.4) is 0 Å². The molecule has 0 unspecified atom stereocenters. The quantitative estimate of drug-likeness (QED) is 0.309. The van der Waals surface area contributed by atoms with Gasteiger partial charge in [0.2, 0.25) is 13.1 Å². The summed E-state index contributed by atoms with van der Waals surface area (Å²) in [5.41, 5.74) is -2.40. The lowest BCUT2D eigenvalue weighted by Gasteiger charge is -2.29. The summed E-state index contributed by atoms with van der Waals surface area (Å²) in [4.78, 5) is 28.2. The molecule has 10 nitrogen and oxygen atoms in total. The molecule has 1 aliphatic heterocycles. The molecule has 0 spiro atoms. The number of hydrazine groups is 1. The summed E-state index contributed by atoms with van der Waals surface area (Å²) < 4.78 is 0. The molecule has 10 heteroatoms. The van der Waals surface area contributed by atoms with Crippen molar-refractivity contribution in [2.24, 2.45) is 0 Å². The smallest absolute Gasteiger partial charge is 0.258 e. The van der Waals surface area contributed by atoms with E-state index in [2.05, 4.69) is 0 Å². The van der Waals surface area contributed by atoms with Crippen LogP contribution in [0.1, 0.15) is 0 Å². The summed E-state index contributed by atoms with van der Waals surface area (Å²) in [5.74, 6) is 0. The van der Waals surface area contributed by atoms with Gasteiger partial charge < -0.3 is 0 Å². The van der Waals surface area contributed by atoms with Gasteiger partial charge in [-0.25, -0.2) is 10.1 Å². The first-order valence-corrected chi connectivity index (χ1v) is 3.08. The maximum atomic E-state index is 10.2. The number of rotatable bonds is 3. The highest BCUT2D eigenvalue weighted by Gasteiger charge is 2.71. The highest BCUT2D eigenvalue weighted by atomic mass is 16.7.